The molecule has 0 saturated carbocycles. The first-order valence-corrected chi connectivity index (χ1v) is 7.15. The Hall–Kier alpha value is -1.81. The molecule has 20 heavy (non-hydrogen) atoms. The number of rotatable bonds is 4. The first kappa shape index (κ1) is 14.6. The van der Waals surface area contributed by atoms with E-state index in [1.54, 1.807) is 30.3 Å². The molecule has 0 aliphatic heterocycles. The second kappa shape index (κ2) is 6.09. The van der Waals surface area contributed by atoms with Crippen LogP contribution in [-0.2, 0) is 0 Å². The first-order chi connectivity index (χ1) is 9.52. The highest BCUT2D eigenvalue weighted by atomic mass is 79.9. The summed E-state index contributed by atoms with van der Waals surface area (Å²) in [5, 5.41) is 0. The third-order valence-electron chi connectivity index (χ3n) is 3.04. The highest BCUT2D eigenvalue weighted by molar-refractivity contribution is 9.10. The molecular weight excluding hydrogens is 318 g/mol. The van der Waals surface area contributed by atoms with Crippen molar-refractivity contribution in [3.8, 4) is 5.75 Å². The number of aryl methyl sites for hydroxylation is 1. The number of ether oxygens (including phenoxy) is 1. The van der Waals surface area contributed by atoms with Gasteiger partial charge in [-0.3, -0.25) is 4.79 Å². The molecule has 0 spiro atoms. The minimum Gasteiger partial charge on any atom is -0.494 e. The van der Waals surface area contributed by atoms with Crippen LogP contribution in [0.5, 0.6) is 5.75 Å². The van der Waals surface area contributed by atoms with E-state index in [9.17, 15) is 4.79 Å². The maximum atomic E-state index is 12.5. The second-order valence-electron chi connectivity index (χ2n) is 4.48. The van der Waals surface area contributed by atoms with E-state index in [1.807, 2.05) is 19.9 Å². The molecule has 0 heterocycles. The van der Waals surface area contributed by atoms with Crippen molar-refractivity contribution in [2.45, 2.75) is 13.8 Å². The first-order valence-electron chi connectivity index (χ1n) is 6.36. The van der Waals surface area contributed by atoms with Gasteiger partial charge in [0.25, 0.3) is 0 Å². The quantitative estimate of drug-likeness (QED) is 0.680. The fraction of sp³-hybridized carbons (Fsp3) is 0.188. The van der Waals surface area contributed by atoms with E-state index < -0.39 is 0 Å². The van der Waals surface area contributed by atoms with Gasteiger partial charge in [0, 0.05) is 21.3 Å². The summed E-state index contributed by atoms with van der Waals surface area (Å²) in [5.41, 5.74) is 8.62. The number of nitrogen functional groups attached to an aromatic ring is 1. The van der Waals surface area contributed by atoms with Crippen molar-refractivity contribution in [1.82, 2.24) is 0 Å². The number of nitrogens with two attached hydrogens (primary N) is 1. The Balaban J connectivity index is 2.35. The number of carbonyl (C=O) groups is 1. The normalized spacial score (nSPS) is 10.3. The van der Waals surface area contributed by atoms with E-state index >= 15 is 0 Å². The van der Waals surface area contributed by atoms with Crippen LogP contribution in [0, 0.1) is 6.92 Å². The zero-order valence-corrected chi connectivity index (χ0v) is 13.0. The molecule has 0 aliphatic carbocycles. The minimum absolute atomic E-state index is 0.0633. The van der Waals surface area contributed by atoms with Gasteiger partial charge in [0.05, 0.1) is 6.61 Å². The van der Waals surface area contributed by atoms with Gasteiger partial charge in [0.2, 0.25) is 0 Å². The summed E-state index contributed by atoms with van der Waals surface area (Å²) in [5.74, 6) is 0.672. The fourth-order valence-corrected chi connectivity index (χ4v) is 2.41. The summed E-state index contributed by atoms with van der Waals surface area (Å²) < 4.78 is 6.12. The molecule has 0 bridgehead atoms. The Kier molecular flexibility index (Phi) is 4.45. The molecular formula is C16H16BrNO2. The van der Waals surface area contributed by atoms with E-state index in [0.717, 1.165) is 11.3 Å². The van der Waals surface area contributed by atoms with Crippen LogP contribution in [0.1, 0.15) is 28.4 Å². The standard InChI is InChI=1S/C16H16BrNO2/c1-3-20-12-6-7-13(14(17)9-12)16(19)11-5-4-10(2)15(18)8-11/h4-9H,3,18H2,1-2H3. The van der Waals surface area contributed by atoms with Gasteiger partial charge in [0.15, 0.2) is 5.78 Å². The van der Waals surface area contributed by atoms with Gasteiger partial charge in [-0.05, 0) is 59.6 Å². The summed E-state index contributed by atoms with van der Waals surface area (Å²) in [7, 11) is 0. The van der Waals surface area contributed by atoms with Crippen LogP contribution in [0.2, 0.25) is 0 Å². The van der Waals surface area contributed by atoms with Crippen molar-refractivity contribution in [2.24, 2.45) is 0 Å². The summed E-state index contributed by atoms with van der Waals surface area (Å²) in [6.45, 7) is 4.42. The number of hydrogen-bond acceptors (Lipinski definition) is 3. The average Bonchev–Trinajstić information content (AvgIpc) is 2.42. The molecule has 2 rings (SSSR count). The molecule has 104 valence electrons. The van der Waals surface area contributed by atoms with Crippen molar-refractivity contribution in [2.75, 3.05) is 12.3 Å². The number of halogens is 1. The summed E-state index contributed by atoms with van der Waals surface area (Å²) in [4.78, 5) is 12.5. The molecule has 0 fully saturated rings. The molecule has 0 unspecified atom stereocenters. The van der Waals surface area contributed by atoms with E-state index in [4.69, 9.17) is 10.5 Å². The van der Waals surface area contributed by atoms with E-state index in [-0.39, 0.29) is 5.78 Å². The highest BCUT2D eigenvalue weighted by Gasteiger charge is 2.14. The Bertz CT molecular complexity index is 653. The molecule has 0 saturated heterocycles. The summed E-state index contributed by atoms with van der Waals surface area (Å²) in [6.07, 6.45) is 0. The van der Waals surface area contributed by atoms with Gasteiger partial charge in [-0.1, -0.05) is 12.1 Å². The van der Waals surface area contributed by atoms with Crippen LogP contribution in [0.25, 0.3) is 0 Å². The zero-order chi connectivity index (χ0) is 14.7. The molecule has 0 radical (unpaired) electrons. The Morgan fingerprint density at radius 3 is 2.60 bits per heavy atom. The van der Waals surface area contributed by atoms with Gasteiger partial charge >= 0.3 is 0 Å². The third-order valence-corrected chi connectivity index (χ3v) is 3.69. The van der Waals surface area contributed by atoms with Crippen molar-refractivity contribution in [3.63, 3.8) is 0 Å². The van der Waals surface area contributed by atoms with Gasteiger partial charge in [-0.25, -0.2) is 0 Å². The van der Waals surface area contributed by atoms with E-state index in [0.29, 0.717) is 27.9 Å². The lowest BCUT2D eigenvalue weighted by Gasteiger charge is -2.08. The van der Waals surface area contributed by atoms with Crippen LogP contribution >= 0.6 is 15.9 Å². The molecule has 2 aromatic carbocycles. The number of anilines is 1. The predicted octanol–water partition coefficient (Wildman–Crippen LogP) is 3.97. The second-order valence-corrected chi connectivity index (χ2v) is 5.33. The van der Waals surface area contributed by atoms with E-state index in [2.05, 4.69) is 15.9 Å². The maximum Gasteiger partial charge on any atom is 0.194 e. The SMILES string of the molecule is CCOc1ccc(C(=O)c2ccc(C)c(N)c2)c(Br)c1. The molecule has 3 nitrogen and oxygen atoms in total. The van der Waals surface area contributed by atoms with Crippen molar-refractivity contribution >= 4 is 27.4 Å². The van der Waals surface area contributed by atoms with Crippen LogP contribution in [0.4, 0.5) is 5.69 Å². The Morgan fingerprint density at radius 2 is 2.00 bits per heavy atom. The third kappa shape index (κ3) is 3.02. The van der Waals surface area contributed by atoms with Crippen LogP contribution < -0.4 is 10.5 Å². The lowest BCUT2D eigenvalue weighted by Crippen LogP contribution is -2.04. The number of ketones is 1. The topological polar surface area (TPSA) is 52.3 Å². The molecule has 4 heteroatoms. The monoisotopic (exact) mass is 333 g/mol. The van der Waals surface area contributed by atoms with Crippen LogP contribution in [0.3, 0.4) is 0 Å². The molecule has 0 aliphatic rings. The fourth-order valence-electron chi connectivity index (χ4n) is 1.87. The molecule has 2 N–H and O–H groups in total. The Labute approximate surface area is 126 Å². The van der Waals surface area contributed by atoms with Crippen molar-refractivity contribution < 1.29 is 9.53 Å². The van der Waals surface area contributed by atoms with Crippen LogP contribution in [0.15, 0.2) is 40.9 Å². The average molecular weight is 334 g/mol. The van der Waals surface area contributed by atoms with E-state index in [1.165, 1.54) is 0 Å². The van der Waals surface area contributed by atoms with Gasteiger partial charge in [-0.15, -0.1) is 0 Å². The van der Waals surface area contributed by atoms with Crippen LogP contribution in [-0.4, -0.2) is 12.4 Å². The largest absolute Gasteiger partial charge is 0.494 e. The summed E-state index contributed by atoms with van der Waals surface area (Å²) in [6, 6.07) is 10.7. The molecule has 0 atom stereocenters. The van der Waals surface area contributed by atoms with Gasteiger partial charge in [-0.2, -0.15) is 0 Å². The van der Waals surface area contributed by atoms with Gasteiger partial charge < -0.3 is 10.5 Å². The predicted molar refractivity (Wildman–Crippen MR) is 84.3 cm³/mol. The van der Waals surface area contributed by atoms with Gasteiger partial charge in [0.1, 0.15) is 5.75 Å². The van der Waals surface area contributed by atoms with Crippen molar-refractivity contribution in [1.29, 1.82) is 0 Å². The molecule has 2 aromatic rings. The molecule has 0 amide bonds. The Morgan fingerprint density at radius 1 is 1.25 bits per heavy atom. The number of benzene rings is 2. The lowest BCUT2D eigenvalue weighted by molar-refractivity contribution is 0.103. The zero-order valence-electron chi connectivity index (χ0n) is 11.4. The number of carbonyl (C=O) groups excluding carboxylic acids is 1. The lowest BCUT2D eigenvalue weighted by atomic mass is 10.0. The molecule has 0 aromatic heterocycles. The smallest absolute Gasteiger partial charge is 0.194 e. The number of hydrogen-bond donors (Lipinski definition) is 1. The minimum atomic E-state index is -0.0633. The van der Waals surface area contributed by atoms with Crippen molar-refractivity contribution in [3.05, 3.63) is 57.6 Å². The summed E-state index contributed by atoms with van der Waals surface area (Å²) >= 11 is 3.42. The highest BCUT2D eigenvalue weighted by Crippen LogP contribution is 2.26. The maximum absolute atomic E-state index is 12.5.